The highest BCUT2D eigenvalue weighted by atomic mass is 16.2. The molecule has 1 aliphatic carbocycles. The van der Waals surface area contributed by atoms with E-state index in [9.17, 15) is 14.4 Å². The number of hydrogen-bond acceptors (Lipinski definition) is 3. The summed E-state index contributed by atoms with van der Waals surface area (Å²) < 4.78 is 0. The van der Waals surface area contributed by atoms with Gasteiger partial charge in [-0.25, -0.2) is 4.79 Å². The Bertz CT molecular complexity index is 625. The molecule has 2 fully saturated rings. The van der Waals surface area contributed by atoms with Crippen LogP contribution in [0.5, 0.6) is 0 Å². The topological polar surface area (TPSA) is 78.5 Å². The largest absolute Gasteiger partial charge is 0.344 e. The van der Waals surface area contributed by atoms with E-state index in [1.54, 1.807) is 31.2 Å². The normalized spacial score (nSPS) is 24.8. The van der Waals surface area contributed by atoms with Crippen molar-refractivity contribution in [2.24, 2.45) is 5.92 Å². The fourth-order valence-corrected chi connectivity index (χ4v) is 3.35. The number of carbonyl (C=O) groups is 3. The number of hydrogen-bond donors (Lipinski definition) is 2. The van der Waals surface area contributed by atoms with Gasteiger partial charge in [0.1, 0.15) is 5.54 Å². The van der Waals surface area contributed by atoms with Crippen molar-refractivity contribution in [2.45, 2.75) is 44.6 Å². The van der Waals surface area contributed by atoms with Crippen LogP contribution in [0, 0.1) is 5.92 Å². The standard InChI is InChI=1S/C17H21N3O3/c1-17(13-9-3-2-4-10-13)15(22)20(16(23)18-17)19-14(21)11-12-7-5-6-8-12/h2-4,9-10,12H,5-8,11H2,1H3,(H,18,23)(H,19,21). The first-order chi connectivity index (χ1) is 11.0. The van der Waals surface area contributed by atoms with Crippen LogP contribution in [-0.2, 0) is 15.1 Å². The lowest BCUT2D eigenvalue weighted by atomic mass is 9.92. The molecule has 1 saturated carbocycles. The van der Waals surface area contributed by atoms with Crippen LogP contribution in [0.4, 0.5) is 4.79 Å². The Morgan fingerprint density at radius 2 is 1.91 bits per heavy atom. The van der Waals surface area contributed by atoms with Crippen LogP contribution in [-0.4, -0.2) is 22.9 Å². The number of imide groups is 1. The molecule has 0 radical (unpaired) electrons. The lowest BCUT2D eigenvalue weighted by Crippen LogP contribution is -2.48. The van der Waals surface area contributed by atoms with Gasteiger partial charge in [-0.1, -0.05) is 43.2 Å². The van der Waals surface area contributed by atoms with Crippen molar-refractivity contribution in [3.05, 3.63) is 35.9 Å². The summed E-state index contributed by atoms with van der Waals surface area (Å²) in [4.78, 5) is 36.9. The Balaban J connectivity index is 1.70. The predicted octanol–water partition coefficient (Wildman–Crippen LogP) is 2.07. The Morgan fingerprint density at radius 3 is 2.57 bits per heavy atom. The summed E-state index contributed by atoms with van der Waals surface area (Å²) in [5.41, 5.74) is 2.00. The first kappa shape index (κ1) is 15.5. The van der Waals surface area contributed by atoms with Crippen molar-refractivity contribution in [1.82, 2.24) is 15.8 Å². The zero-order chi connectivity index (χ0) is 16.4. The number of urea groups is 1. The molecule has 1 aliphatic heterocycles. The van der Waals surface area contributed by atoms with Gasteiger partial charge in [-0.05, 0) is 31.2 Å². The minimum absolute atomic E-state index is 0.280. The monoisotopic (exact) mass is 315 g/mol. The highest BCUT2D eigenvalue weighted by molar-refractivity contribution is 6.08. The highest BCUT2D eigenvalue weighted by Crippen LogP contribution is 2.29. The van der Waals surface area contributed by atoms with Crippen LogP contribution in [0.2, 0.25) is 0 Å². The molecule has 1 aromatic rings. The van der Waals surface area contributed by atoms with Gasteiger partial charge in [0.2, 0.25) is 5.91 Å². The molecule has 23 heavy (non-hydrogen) atoms. The van der Waals surface area contributed by atoms with E-state index in [0.717, 1.165) is 30.7 Å². The van der Waals surface area contributed by atoms with E-state index in [2.05, 4.69) is 10.7 Å². The molecule has 3 rings (SSSR count). The Labute approximate surface area is 135 Å². The summed E-state index contributed by atoms with van der Waals surface area (Å²) in [6.45, 7) is 1.64. The van der Waals surface area contributed by atoms with Gasteiger partial charge < -0.3 is 5.32 Å². The van der Waals surface area contributed by atoms with Crippen molar-refractivity contribution in [2.75, 3.05) is 0 Å². The van der Waals surface area contributed by atoms with Crippen LogP contribution >= 0.6 is 0 Å². The maximum absolute atomic E-state index is 12.6. The summed E-state index contributed by atoms with van der Waals surface area (Å²) in [7, 11) is 0. The van der Waals surface area contributed by atoms with Crippen LogP contribution in [0.15, 0.2) is 30.3 Å². The third kappa shape index (κ3) is 2.93. The van der Waals surface area contributed by atoms with E-state index in [1.807, 2.05) is 6.07 Å². The Kier molecular flexibility index (Phi) is 4.07. The van der Waals surface area contributed by atoms with Gasteiger partial charge in [-0.15, -0.1) is 0 Å². The second-order valence-corrected chi connectivity index (χ2v) is 6.45. The highest BCUT2D eigenvalue weighted by Gasteiger charge is 2.49. The molecule has 122 valence electrons. The van der Waals surface area contributed by atoms with Crippen LogP contribution in [0.1, 0.15) is 44.6 Å². The minimum Gasteiger partial charge on any atom is -0.318 e. The summed E-state index contributed by atoms with van der Waals surface area (Å²) in [5, 5.41) is 3.48. The van der Waals surface area contributed by atoms with E-state index in [-0.39, 0.29) is 5.91 Å². The summed E-state index contributed by atoms with van der Waals surface area (Å²) >= 11 is 0. The number of nitrogens with zero attached hydrogens (tertiary/aromatic N) is 1. The van der Waals surface area contributed by atoms with E-state index >= 15 is 0 Å². The van der Waals surface area contributed by atoms with E-state index in [0.29, 0.717) is 17.9 Å². The summed E-state index contributed by atoms with van der Waals surface area (Å²) in [6.07, 6.45) is 4.73. The molecule has 0 spiro atoms. The number of amides is 4. The molecule has 1 unspecified atom stereocenters. The molecule has 6 nitrogen and oxygen atoms in total. The zero-order valence-electron chi connectivity index (χ0n) is 13.2. The average molecular weight is 315 g/mol. The van der Waals surface area contributed by atoms with Gasteiger partial charge in [0.15, 0.2) is 0 Å². The van der Waals surface area contributed by atoms with Crippen LogP contribution in [0.25, 0.3) is 0 Å². The molecule has 2 aliphatic rings. The summed E-state index contributed by atoms with van der Waals surface area (Å²) in [6, 6.07) is 8.42. The molecule has 2 N–H and O–H groups in total. The number of hydrazine groups is 1. The van der Waals surface area contributed by atoms with Crippen molar-refractivity contribution < 1.29 is 14.4 Å². The van der Waals surface area contributed by atoms with Gasteiger partial charge in [0, 0.05) is 6.42 Å². The third-order valence-electron chi connectivity index (χ3n) is 4.73. The fraction of sp³-hybridized carbons (Fsp3) is 0.471. The predicted molar refractivity (Wildman–Crippen MR) is 83.9 cm³/mol. The van der Waals surface area contributed by atoms with Crippen molar-refractivity contribution in [1.29, 1.82) is 0 Å². The number of rotatable bonds is 4. The van der Waals surface area contributed by atoms with Gasteiger partial charge in [0.05, 0.1) is 0 Å². The number of nitrogens with one attached hydrogen (secondary N) is 2. The molecule has 0 bridgehead atoms. The minimum atomic E-state index is -1.15. The molecule has 1 heterocycles. The van der Waals surface area contributed by atoms with Crippen molar-refractivity contribution in [3.63, 3.8) is 0 Å². The molecule has 4 amide bonds. The van der Waals surface area contributed by atoms with Crippen molar-refractivity contribution >= 4 is 17.8 Å². The second kappa shape index (κ2) is 6.02. The molecule has 6 heteroatoms. The quantitative estimate of drug-likeness (QED) is 0.835. The third-order valence-corrected chi connectivity index (χ3v) is 4.73. The van der Waals surface area contributed by atoms with Gasteiger partial charge in [-0.3, -0.25) is 15.0 Å². The second-order valence-electron chi connectivity index (χ2n) is 6.45. The maximum Gasteiger partial charge on any atom is 0.344 e. The molecular formula is C17H21N3O3. The van der Waals surface area contributed by atoms with Crippen molar-refractivity contribution in [3.8, 4) is 0 Å². The molecule has 1 saturated heterocycles. The first-order valence-corrected chi connectivity index (χ1v) is 8.02. The smallest absolute Gasteiger partial charge is 0.318 e. The Hall–Kier alpha value is -2.37. The van der Waals surface area contributed by atoms with Gasteiger partial charge in [0.25, 0.3) is 5.91 Å². The van der Waals surface area contributed by atoms with Gasteiger partial charge >= 0.3 is 6.03 Å². The van der Waals surface area contributed by atoms with E-state index < -0.39 is 17.5 Å². The number of carbonyl (C=O) groups excluding carboxylic acids is 3. The van der Waals surface area contributed by atoms with Gasteiger partial charge in [-0.2, -0.15) is 5.01 Å². The Morgan fingerprint density at radius 1 is 1.26 bits per heavy atom. The SMILES string of the molecule is CC1(c2ccccc2)NC(=O)N(NC(=O)CC2CCCC2)C1=O. The summed E-state index contributed by atoms with van der Waals surface area (Å²) in [5.74, 6) is -0.387. The molecule has 0 aromatic heterocycles. The first-order valence-electron chi connectivity index (χ1n) is 8.02. The average Bonchev–Trinajstić information content (AvgIpc) is 3.11. The fourth-order valence-electron chi connectivity index (χ4n) is 3.35. The lowest BCUT2D eigenvalue weighted by Gasteiger charge is -2.22. The van der Waals surface area contributed by atoms with E-state index in [4.69, 9.17) is 0 Å². The molecular weight excluding hydrogens is 294 g/mol. The zero-order valence-corrected chi connectivity index (χ0v) is 13.2. The van der Waals surface area contributed by atoms with Crippen LogP contribution < -0.4 is 10.7 Å². The van der Waals surface area contributed by atoms with Crippen LogP contribution in [0.3, 0.4) is 0 Å². The number of benzene rings is 1. The molecule has 1 aromatic carbocycles. The molecule has 1 atom stereocenters. The maximum atomic E-state index is 12.6. The lowest BCUT2D eigenvalue weighted by molar-refractivity contribution is -0.139. The van der Waals surface area contributed by atoms with E-state index in [1.165, 1.54) is 0 Å².